The number of amides is 1. The van der Waals surface area contributed by atoms with Gasteiger partial charge in [0.2, 0.25) is 0 Å². The minimum atomic E-state index is -0.202. The molecule has 0 unspecified atom stereocenters. The number of amidine groups is 1. The molecule has 4 aliphatic rings. The van der Waals surface area contributed by atoms with Crippen LogP contribution in [0.15, 0.2) is 117 Å². The fraction of sp³-hybridized carbons (Fsp3) is 0.235. The van der Waals surface area contributed by atoms with Gasteiger partial charge < -0.3 is 15.1 Å². The van der Waals surface area contributed by atoms with Crippen molar-refractivity contribution in [3.63, 3.8) is 0 Å². The Labute approximate surface area is 260 Å². The molecule has 1 aromatic heterocycles. The number of rotatable bonds is 5. The predicted octanol–water partition coefficient (Wildman–Crippen LogP) is 6.96. The molecule has 3 aliphatic heterocycles. The Morgan fingerprint density at radius 2 is 1.81 bits per heavy atom. The molecule has 3 aromatic rings. The van der Waals surface area contributed by atoms with Gasteiger partial charge in [-0.25, -0.2) is 9.98 Å². The maximum absolute atomic E-state index is 12.7. The number of benzene rings is 2. The van der Waals surface area contributed by atoms with Crippen LogP contribution in [0.2, 0.25) is 5.02 Å². The first kappa shape index (κ1) is 27.7. The highest BCUT2D eigenvalue weighted by atomic mass is 35.5. The van der Waals surface area contributed by atoms with Crippen molar-refractivity contribution < 1.29 is 4.79 Å². The SMILES string of the molecule is CN1C2=NC(N3CCC4(CC3)Cc3ccncc3C4)=CC=NC1=C(Sc1cccc(NC(=O)c3ccccc3)c1Cl)C=C2. The highest BCUT2D eigenvalue weighted by molar-refractivity contribution is 8.03. The summed E-state index contributed by atoms with van der Waals surface area (Å²) in [6.07, 6.45) is 16.5. The van der Waals surface area contributed by atoms with E-state index in [1.54, 1.807) is 12.1 Å². The predicted molar refractivity (Wildman–Crippen MR) is 175 cm³/mol. The van der Waals surface area contributed by atoms with E-state index in [2.05, 4.69) is 21.3 Å². The Morgan fingerprint density at radius 3 is 2.63 bits per heavy atom. The fourth-order valence-corrected chi connectivity index (χ4v) is 7.56. The normalized spacial score (nSPS) is 18.7. The number of piperidine rings is 1. The number of halogens is 1. The number of allylic oxidation sites excluding steroid dienone is 2. The van der Waals surface area contributed by atoms with Crippen LogP contribution in [-0.4, -0.2) is 52.9 Å². The second-order valence-electron chi connectivity index (χ2n) is 11.4. The molecule has 7 rings (SSSR count). The number of likely N-dealkylation sites (N-methyl/N-ethyl adjacent to an activating group) is 1. The van der Waals surface area contributed by atoms with Crippen molar-refractivity contribution in [1.82, 2.24) is 14.8 Å². The zero-order valence-corrected chi connectivity index (χ0v) is 25.4. The molecule has 0 radical (unpaired) electrons. The summed E-state index contributed by atoms with van der Waals surface area (Å²) in [5.41, 5.74) is 4.37. The molecule has 7 nitrogen and oxygen atoms in total. The van der Waals surface area contributed by atoms with Crippen molar-refractivity contribution in [3.8, 4) is 0 Å². The number of likely N-dealkylation sites (tertiary alicyclic amines) is 1. The Morgan fingerprint density at radius 1 is 1.00 bits per heavy atom. The molecular weight excluding hydrogens is 576 g/mol. The van der Waals surface area contributed by atoms with Gasteiger partial charge in [0.05, 0.1) is 15.6 Å². The van der Waals surface area contributed by atoms with E-state index in [0.29, 0.717) is 21.7 Å². The van der Waals surface area contributed by atoms with Crippen LogP contribution in [0, 0.1) is 5.41 Å². The maximum atomic E-state index is 12.7. The van der Waals surface area contributed by atoms with Crippen LogP contribution in [0.3, 0.4) is 0 Å². The van der Waals surface area contributed by atoms with Crippen molar-refractivity contribution >= 4 is 47.0 Å². The Hall–Kier alpha value is -4.14. The zero-order valence-electron chi connectivity index (χ0n) is 23.8. The molecule has 2 bridgehead atoms. The molecule has 1 aliphatic carbocycles. The maximum Gasteiger partial charge on any atom is 0.255 e. The van der Waals surface area contributed by atoms with E-state index in [1.807, 2.05) is 85.2 Å². The van der Waals surface area contributed by atoms with Crippen molar-refractivity contribution in [1.29, 1.82) is 0 Å². The molecule has 1 spiro atoms. The summed E-state index contributed by atoms with van der Waals surface area (Å²) in [5.74, 6) is 2.39. The first-order chi connectivity index (χ1) is 21.0. The third kappa shape index (κ3) is 5.53. The molecule has 43 heavy (non-hydrogen) atoms. The zero-order chi connectivity index (χ0) is 29.4. The van der Waals surface area contributed by atoms with Gasteiger partial charge in [-0.3, -0.25) is 9.78 Å². The Bertz CT molecular complexity index is 1710. The summed E-state index contributed by atoms with van der Waals surface area (Å²) in [7, 11) is 1.99. The number of pyridine rings is 1. The highest BCUT2D eigenvalue weighted by Gasteiger charge is 2.40. The van der Waals surface area contributed by atoms with Gasteiger partial charge in [-0.15, -0.1) is 0 Å². The smallest absolute Gasteiger partial charge is 0.255 e. The number of carbonyl (C=O) groups excluding carboxylic acids is 1. The van der Waals surface area contributed by atoms with Crippen LogP contribution in [0.4, 0.5) is 5.69 Å². The van der Waals surface area contributed by atoms with Crippen molar-refractivity contribution in [2.24, 2.45) is 15.4 Å². The lowest BCUT2D eigenvalue weighted by Gasteiger charge is -2.40. The molecule has 1 N–H and O–H groups in total. The number of hydrogen-bond donors (Lipinski definition) is 1. The van der Waals surface area contributed by atoms with E-state index >= 15 is 0 Å². The van der Waals surface area contributed by atoms with E-state index in [9.17, 15) is 4.79 Å². The number of hydrogen-bond acceptors (Lipinski definition) is 7. The van der Waals surface area contributed by atoms with Crippen LogP contribution < -0.4 is 5.32 Å². The Balaban J connectivity index is 1.07. The topological polar surface area (TPSA) is 73.2 Å². The second kappa shape index (κ2) is 11.5. The van der Waals surface area contributed by atoms with Gasteiger partial charge in [0.25, 0.3) is 5.91 Å². The highest BCUT2D eigenvalue weighted by Crippen LogP contribution is 2.45. The average molecular weight is 607 g/mol. The van der Waals surface area contributed by atoms with Gasteiger partial charge in [-0.2, -0.15) is 0 Å². The van der Waals surface area contributed by atoms with Gasteiger partial charge in [0.1, 0.15) is 17.5 Å². The summed E-state index contributed by atoms with van der Waals surface area (Å²) in [5, 5.41) is 3.43. The van der Waals surface area contributed by atoms with E-state index < -0.39 is 0 Å². The third-order valence-electron chi connectivity index (χ3n) is 8.67. The van der Waals surface area contributed by atoms with E-state index in [0.717, 1.165) is 66.1 Å². The molecule has 4 heterocycles. The lowest BCUT2D eigenvalue weighted by atomic mass is 9.76. The molecule has 1 amide bonds. The van der Waals surface area contributed by atoms with E-state index in [4.69, 9.17) is 21.6 Å². The summed E-state index contributed by atoms with van der Waals surface area (Å²) in [6, 6.07) is 16.9. The van der Waals surface area contributed by atoms with Crippen molar-refractivity contribution in [2.45, 2.75) is 30.6 Å². The van der Waals surface area contributed by atoms with Gasteiger partial charge >= 0.3 is 0 Å². The molecule has 0 saturated carbocycles. The van der Waals surface area contributed by atoms with Gasteiger partial charge in [-0.1, -0.05) is 47.6 Å². The molecule has 9 heteroatoms. The quantitative estimate of drug-likeness (QED) is 0.340. The second-order valence-corrected chi connectivity index (χ2v) is 12.8. The number of carbonyl (C=O) groups is 1. The molecule has 0 atom stereocenters. The first-order valence-corrected chi connectivity index (χ1v) is 15.7. The number of aromatic nitrogens is 1. The average Bonchev–Trinajstić information content (AvgIpc) is 3.39. The largest absolute Gasteiger partial charge is 0.356 e. The van der Waals surface area contributed by atoms with Crippen LogP contribution in [-0.2, 0) is 12.8 Å². The molecule has 1 saturated heterocycles. The number of fused-ring (bicyclic) bond motifs is 3. The van der Waals surface area contributed by atoms with Crippen molar-refractivity contribution in [3.05, 3.63) is 123 Å². The van der Waals surface area contributed by atoms with Gasteiger partial charge in [0, 0.05) is 49.2 Å². The van der Waals surface area contributed by atoms with Crippen LogP contribution >= 0.6 is 23.4 Å². The first-order valence-electron chi connectivity index (χ1n) is 14.5. The molecule has 2 aromatic carbocycles. The number of nitrogens with one attached hydrogen (secondary N) is 1. The van der Waals surface area contributed by atoms with E-state index in [1.165, 1.54) is 22.9 Å². The molecule has 1 fully saturated rings. The summed E-state index contributed by atoms with van der Waals surface area (Å²) < 4.78 is 0. The minimum absolute atomic E-state index is 0.202. The molecular formula is C34H31ClN6OS. The van der Waals surface area contributed by atoms with Gasteiger partial charge in [-0.05, 0) is 90.8 Å². The number of anilines is 1. The van der Waals surface area contributed by atoms with Crippen LogP contribution in [0.1, 0.15) is 34.3 Å². The monoisotopic (exact) mass is 606 g/mol. The summed E-state index contributed by atoms with van der Waals surface area (Å²) in [4.78, 5) is 33.2. The van der Waals surface area contributed by atoms with E-state index in [-0.39, 0.29) is 5.91 Å². The van der Waals surface area contributed by atoms with Crippen LogP contribution in [0.5, 0.6) is 0 Å². The number of aliphatic imine (C=N–C) groups is 2. The Kier molecular flexibility index (Phi) is 7.41. The molecule has 216 valence electrons. The number of thioether (sulfide) groups is 1. The minimum Gasteiger partial charge on any atom is -0.356 e. The third-order valence-corrected chi connectivity index (χ3v) is 10.3. The lowest BCUT2D eigenvalue weighted by Crippen LogP contribution is -2.40. The summed E-state index contributed by atoms with van der Waals surface area (Å²) >= 11 is 8.30. The van der Waals surface area contributed by atoms with Crippen LogP contribution in [0.25, 0.3) is 0 Å². The lowest BCUT2D eigenvalue weighted by molar-refractivity contribution is 0.102. The van der Waals surface area contributed by atoms with Gasteiger partial charge in [0.15, 0.2) is 0 Å². The number of nitrogens with zero attached hydrogens (tertiary/aromatic N) is 5. The fourth-order valence-electron chi connectivity index (χ4n) is 6.27. The summed E-state index contributed by atoms with van der Waals surface area (Å²) in [6.45, 7) is 1.95. The standard InChI is InChI=1S/C34H31ClN6OS/c1-40-29-11-10-28(43-27-9-5-8-26(31(27)35)38-33(42)23-6-3-2-4-7-23)32(40)37-17-13-30(39-29)41-18-14-34(15-19-41)20-24-12-16-36-22-25(24)21-34/h2-13,16-17,22H,14-15,18-21H2,1H3,(H,38,42). The van der Waals surface area contributed by atoms with Crippen molar-refractivity contribution in [2.75, 3.05) is 25.5 Å².